The van der Waals surface area contributed by atoms with Gasteiger partial charge in [-0.1, -0.05) is 78.4 Å². The average molecular weight is 413 g/mol. The smallest absolute Gasteiger partial charge is 0.253 e. The first-order chi connectivity index (χ1) is 15.1. The van der Waals surface area contributed by atoms with Crippen molar-refractivity contribution in [3.05, 3.63) is 107 Å². The fourth-order valence-electron chi connectivity index (χ4n) is 4.31. The SMILES string of the molecule is Cc1cccc(C2CC(C(=O)NCc3ccccc3)CN(C(=O)c3ccccc3)C2)c1. The Morgan fingerprint density at radius 3 is 2.32 bits per heavy atom. The first-order valence-electron chi connectivity index (χ1n) is 10.8. The number of amides is 2. The highest BCUT2D eigenvalue weighted by Gasteiger charge is 2.34. The molecule has 1 aliphatic rings. The predicted octanol–water partition coefficient (Wildman–Crippen LogP) is 4.56. The number of likely N-dealkylation sites (tertiary alicyclic amines) is 1. The van der Waals surface area contributed by atoms with Crippen LogP contribution in [0.15, 0.2) is 84.9 Å². The van der Waals surface area contributed by atoms with Gasteiger partial charge in [-0.15, -0.1) is 0 Å². The fourth-order valence-corrected chi connectivity index (χ4v) is 4.31. The molecule has 4 rings (SSSR count). The largest absolute Gasteiger partial charge is 0.352 e. The maximum absolute atomic E-state index is 13.2. The summed E-state index contributed by atoms with van der Waals surface area (Å²) in [5, 5.41) is 3.07. The Hall–Kier alpha value is -3.40. The highest BCUT2D eigenvalue weighted by atomic mass is 16.2. The number of carbonyl (C=O) groups is 2. The van der Waals surface area contributed by atoms with Gasteiger partial charge in [-0.2, -0.15) is 0 Å². The molecule has 3 aromatic rings. The van der Waals surface area contributed by atoms with Crippen LogP contribution in [0, 0.1) is 12.8 Å². The van der Waals surface area contributed by atoms with Crippen molar-refractivity contribution in [1.82, 2.24) is 10.2 Å². The Labute approximate surface area is 183 Å². The minimum absolute atomic E-state index is 0.00654. The number of piperidine rings is 1. The molecule has 1 aliphatic heterocycles. The zero-order valence-corrected chi connectivity index (χ0v) is 17.8. The van der Waals surface area contributed by atoms with Gasteiger partial charge in [0.1, 0.15) is 0 Å². The standard InChI is InChI=1S/C27H28N2O2/c1-20-9-8-14-23(15-20)24-16-25(26(30)28-17-21-10-4-2-5-11-21)19-29(18-24)27(31)22-12-6-3-7-13-22/h2-15,24-25H,16-19H2,1H3,(H,28,30). The van der Waals surface area contributed by atoms with Crippen molar-refractivity contribution in [1.29, 1.82) is 0 Å². The molecule has 0 radical (unpaired) electrons. The van der Waals surface area contributed by atoms with E-state index in [9.17, 15) is 9.59 Å². The molecule has 3 aromatic carbocycles. The zero-order valence-electron chi connectivity index (χ0n) is 17.8. The van der Waals surface area contributed by atoms with Crippen LogP contribution in [0.25, 0.3) is 0 Å². The lowest BCUT2D eigenvalue weighted by atomic mass is 9.83. The topological polar surface area (TPSA) is 49.4 Å². The number of hydrogen-bond acceptors (Lipinski definition) is 2. The van der Waals surface area contributed by atoms with Crippen molar-refractivity contribution < 1.29 is 9.59 Å². The normalized spacial score (nSPS) is 18.4. The number of benzene rings is 3. The second kappa shape index (κ2) is 9.61. The van der Waals surface area contributed by atoms with Gasteiger partial charge in [0.25, 0.3) is 5.91 Å². The second-order valence-corrected chi connectivity index (χ2v) is 8.32. The monoisotopic (exact) mass is 412 g/mol. The lowest BCUT2D eigenvalue weighted by Gasteiger charge is -2.37. The van der Waals surface area contributed by atoms with Gasteiger partial charge in [0.2, 0.25) is 5.91 Å². The highest BCUT2D eigenvalue weighted by molar-refractivity contribution is 5.94. The first kappa shape index (κ1) is 20.9. The Morgan fingerprint density at radius 1 is 0.903 bits per heavy atom. The van der Waals surface area contributed by atoms with E-state index in [1.54, 1.807) is 0 Å². The van der Waals surface area contributed by atoms with Crippen LogP contribution in [0.1, 0.15) is 39.4 Å². The molecule has 2 atom stereocenters. The molecule has 0 aromatic heterocycles. The first-order valence-corrected chi connectivity index (χ1v) is 10.8. The van der Waals surface area contributed by atoms with E-state index in [-0.39, 0.29) is 23.7 Å². The van der Waals surface area contributed by atoms with Crippen LogP contribution < -0.4 is 5.32 Å². The van der Waals surface area contributed by atoms with E-state index in [2.05, 4.69) is 30.4 Å². The summed E-state index contributed by atoms with van der Waals surface area (Å²) >= 11 is 0. The zero-order chi connectivity index (χ0) is 21.6. The van der Waals surface area contributed by atoms with E-state index in [0.717, 1.165) is 12.0 Å². The third kappa shape index (κ3) is 5.21. The van der Waals surface area contributed by atoms with Gasteiger partial charge in [0.05, 0.1) is 5.92 Å². The Morgan fingerprint density at radius 2 is 1.61 bits per heavy atom. The molecule has 4 heteroatoms. The van der Waals surface area contributed by atoms with Gasteiger partial charge < -0.3 is 10.2 Å². The molecule has 1 fully saturated rings. The van der Waals surface area contributed by atoms with Crippen LogP contribution >= 0.6 is 0 Å². The Bertz CT molecular complexity index is 1030. The third-order valence-corrected chi connectivity index (χ3v) is 5.95. The van der Waals surface area contributed by atoms with Crippen molar-refractivity contribution in [2.45, 2.75) is 25.8 Å². The van der Waals surface area contributed by atoms with Crippen LogP contribution in [0.2, 0.25) is 0 Å². The molecule has 2 unspecified atom stereocenters. The molecule has 158 valence electrons. The van der Waals surface area contributed by atoms with Crippen LogP contribution in [0.4, 0.5) is 0 Å². The van der Waals surface area contributed by atoms with Gasteiger partial charge in [0.15, 0.2) is 0 Å². The van der Waals surface area contributed by atoms with Gasteiger partial charge in [-0.05, 0) is 36.6 Å². The van der Waals surface area contributed by atoms with Crippen molar-refractivity contribution in [3.63, 3.8) is 0 Å². The molecular weight excluding hydrogens is 384 g/mol. The van der Waals surface area contributed by atoms with Crippen LogP contribution in [-0.2, 0) is 11.3 Å². The number of carbonyl (C=O) groups excluding carboxylic acids is 2. The van der Waals surface area contributed by atoms with Crippen molar-refractivity contribution in [3.8, 4) is 0 Å². The summed E-state index contributed by atoms with van der Waals surface area (Å²) in [6, 6.07) is 27.6. The van der Waals surface area contributed by atoms with Gasteiger partial charge in [-0.3, -0.25) is 9.59 Å². The minimum atomic E-state index is -0.240. The molecular formula is C27H28N2O2. The molecule has 1 saturated heterocycles. The molecule has 0 spiro atoms. The van der Waals surface area contributed by atoms with Crippen molar-refractivity contribution in [2.75, 3.05) is 13.1 Å². The van der Waals surface area contributed by atoms with E-state index in [1.807, 2.05) is 71.6 Å². The number of hydrogen-bond donors (Lipinski definition) is 1. The van der Waals surface area contributed by atoms with E-state index in [4.69, 9.17) is 0 Å². The summed E-state index contributed by atoms with van der Waals surface area (Å²) in [5.74, 6) is -0.115. The number of nitrogens with one attached hydrogen (secondary N) is 1. The van der Waals surface area contributed by atoms with E-state index in [1.165, 1.54) is 11.1 Å². The number of rotatable bonds is 5. The maximum atomic E-state index is 13.2. The predicted molar refractivity (Wildman–Crippen MR) is 123 cm³/mol. The second-order valence-electron chi connectivity index (χ2n) is 8.32. The fraction of sp³-hybridized carbons (Fsp3) is 0.259. The average Bonchev–Trinajstić information content (AvgIpc) is 2.83. The molecule has 2 amide bonds. The summed E-state index contributed by atoms with van der Waals surface area (Å²) in [4.78, 5) is 28.1. The molecule has 4 nitrogen and oxygen atoms in total. The molecule has 1 N–H and O–H groups in total. The van der Waals surface area contributed by atoms with Gasteiger partial charge in [-0.25, -0.2) is 0 Å². The third-order valence-electron chi connectivity index (χ3n) is 5.95. The van der Waals surface area contributed by atoms with Crippen LogP contribution in [0.5, 0.6) is 0 Å². The summed E-state index contributed by atoms with van der Waals surface area (Å²) < 4.78 is 0. The van der Waals surface area contributed by atoms with Crippen LogP contribution in [-0.4, -0.2) is 29.8 Å². The lowest BCUT2D eigenvalue weighted by molar-refractivity contribution is -0.126. The van der Waals surface area contributed by atoms with Crippen LogP contribution in [0.3, 0.4) is 0 Å². The quantitative estimate of drug-likeness (QED) is 0.668. The summed E-state index contributed by atoms with van der Waals surface area (Å²) in [5.41, 5.74) is 4.11. The summed E-state index contributed by atoms with van der Waals surface area (Å²) in [6.45, 7) is 3.64. The Kier molecular flexibility index (Phi) is 6.46. The molecule has 0 bridgehead atoms. The lowest BCUT2D eigenvalue weighted by Crippen LogP contribution is -2.48. The van der Waals surface area contributed by atoms with Gasteiger partial charge >= 0.3 is 0 Å². The molecule has 0 aliphatic carbocycles. The maximum Gasteiger partial charge on any atom is 0.253 e. The summed E-state index contributed by atoms with van der Waals surface area (Å²) in [6.07, 6.45) is 0.739. The molecule has 31 heavy (non-hydrogen) atoms. The molecule has 1 heterocycles. The molecule has 0 saturated carbocycles. The van der Waals surface area contributed by atoms with E-state index in [0.29, 0.717) is 25.2 Å². The minimum Gasteiger partial charge on any atom is -0.352 e. The van der Waals surface area contributed by atoms with E-state index < -0.39 is 0 Å². The summed E-state index contributed by atoms with van der Waals surface area (Å²) in [7, 11) is 0. The Balaban J connectivity index is 1.53. The van der Waals surface area contributed by atoms with E-state index >= 15 is 0 Å². The van der Waals surface area contributed by atoms with Crippen molar-refractivity contribution >= 4 is 11.8 Å². The van der Waals surface area contributed by atoms with Gasteiger partial charge in [0, 0.05) is 31.1 Å². The number of aryl methyl sites for hydroxylation is 1. The number of nitrogens with zero attached hydrogens (tertiary/aromatic N) is 1. The van der Waals surface area contributed by atoms with Crippen molar-refractivity contribution in [2.24, 2.45) is 5.92 Å². The highest BCUT2D eigenvalue weighted by Crippen LogP contribution is 2.32.